The van der Waals surface area contributed by atoms with Gasteiger partial charge in [0.1, 0.15) is 11.5 Å². The Morgan fingerprint density at radius 3 is 2.26 bits per heavy atom. The number of ether oxygens (including phenoxy) is 5. The quantitative estimate of drug-likeness (QED) is 0.422. The van der Waals surface area contributed by atoms with Crippen LogP contribution < -0.4 is 18.9 Å². The fourth-order valence-corrected chi connectivity index (χ4v) is 5.12. The molecule has 1 saturated heterocycles. The first-order chi connectivity index (χ1) is 18.9. The number of likely N-dealkylation sites (tertiary alicyclic amines) is 1. The average molecular weight is 540 g/mol. The fourth-order valence-electron chi connectivity index (χ4n) is 5.12. The van der Waals surface area contributed by atoms with Gasteiger partial charge in [0, 0.05) is 23.6 Å². The molecule has 10 nitrogen and oxygen atoms in total. The van der Waals surface area contributed by atoms with Crippen molar-refractivity contribution in [1.82, 2.24) is 9.91 Å². The van der Waals surface area contributed by atoms with Gasteiger partial charge >= 0.3 is 5.97 Å². The normalized spacial score (nSPS) is 17.9. The van der Waals surface area contributed by atoms with Crippen LogP contribution in [0.3, 0.4) is 0 Å². The van der Waals surface area contributed by atoms with Gasteiger partial charge in [-0.25, -0.2) is 5.01 Å². The van der Waals surface area contributed by atoms with Crippen molar-refractivity contribution >= 4 is 17.6 Å². The summed E-state index contributed by atoms with van der Waals surface area (Å²) >= 11 is 0. The molecule has 2 aliphatic heterocycles. The topological polar surface area (TPSA) is 99.1 Å². The maximum Gasteiger partial charge on any atom is 0.309 e. The maximum atomic E-state index is 13.7. The molecule has 0 saturated carbocycles. The van der Waals surface area contributed by atoms with Crippen molar-refractivity contribution in [1.29, 1.82) is 0 Å². The number of methoxy groups -OCH3 is 4. The fraction of sp³-hybridized carbons (Fsp3) is 0.483. The van der Waals surface area contributed by atoms with Gasteiger partial charge in [-0.3, -0.25) is 14.5 Å². The van der Waals surface area contributed by atoms with Gasteiger partial charge in [0.25, 0.3) is 5.91 Å². The highest BCUT2D eigenvalue weighted by molar-refractivity contribution is 6.03. The Labute approximate surface area is 229 Å². The van der Waals surface area contributed by atoms with Crippen LogP contribution in [0.5, 0.6) is 23.0 Å². The van der Waals surface area contributed by atoms with Crippen LogP contribution in [0.15, 0.2) is 41.5 Å². The summed E-state index contributed by atoms with van der Waals surface area (Å²) < 4.78 is 27.1. The Balaban J connectivity index is 1.59. The molecule has 39 heavy (non-hydrogen) atoms. The van der Waals surface area contributed by atoms with Gasteiger partial charge in [0.05, 0.1) is 59.3 Å². The summed E-state index contributed by atoms with van der Waals surface area (Å²) in [5.41, 5.74) is 2.44. The number of esters is 1. The minimum Gasteiger partial charge on any atom is -0.497 e. The average Bonchev–Trinajstić information content (AvgIpc) is 3.42. The van der Waals surface area contributed by atoms with Crippen molar-refractivity contribution in [3.05, 3.63) is 47.5 Å². The number of hydrogen-bond donors (Lipinski definition) is 0. The molecule has 0 spiro atoms. The second-order valence-corrected chi connectivity index (χ2v) is 9.49. The minimum atomic E-state index is -0.362. The number of rotatable bonds is 10. The molecule has 0 aromatic heterocycles. The molecule has 2 aliphatic rings. The van der Waals surface area contributed by atoms with E-state index >= 15 is 0 Å². The monoisotopic (exact) mass is 539 g/mol. The molecule has 2 heterocycles. The van der Waals surface area contributed by atoms with Gasteiger partial charge in [0.2, 0.25) is 0 Å². The van der Waals surface area contributed by atoms with Crippen molar-refractivity contribution in [2.75, 3.05) is 54.7 Å². The first kappa shape index (κ1) is 28.2. The summed E-state index contributed by atoms with van der Waals surface area (Å²) in [7, 11) is 6.38. The van der Waals surface area contributed by atoms with E-state index in [0.717, 1.165) is 16.8 Å². The number of hydrogen-bond acceptors (Lipinski definition) is 9. The van der Waals surface area contributed by atoms with Gasteiger partial charge < -0.3 is 23.7 Å². The number of carbonyl (C=O) groups excluding carboxylic acids is 2. The lowest BCUT2D eigenvalue weighted by Gasteiger charge is -2.32. The molecular weight excluding hydrogens is 502 g/mol. The predicted molar refractivity (Wildman–Crippen MR) is 146 cm³/mol. The summed E-state index contributed by atoms with van der Waals surface area (Å²) in [4.78, 5) is 27.9. The van der Waals surface area contributed by atoms with Crippen LogP contribution in [0.4, 0.5) is 0 Å². The molecule has 1 fully saturated rings. The van der Waals surface area contributed by atoms with Crippen molar-refractivity contribution in [3.63, 3.8) is 0 Å². The Morgan fingerprint density at radius 2 is 1.62 bits per heavy atom. The molecule has 0 radical (unpaired) electrons. The SMILES string of the molecule is CCOC(=O)C1CCN(CC(=O)N2N=C(c3ccc(OC)c(OC)c3)C[C@@H]2c2ccc(OC)cc2OC)CC1. The van der Waals surface area contributed by atoms with Crippen molar-refractivity contribution in [2.24, 2.45) is 11.0 Å². The van der Waals surface area contributed by atoms with Crippen LogP contribution in [-0.4, -0.2) is 82.2 Å². The van der Waals surface area contributed by atoms with E-state index in [0.29, 0.717) is 62.0 Å². The first-order valence-electron chi connectivity index (χ1n) is 13.1. The zero-order valence-electron chi connectivity index (χ0n) is 23.3. The third-order valence-corrected chi connectivity index (χ3v) is 7.25. The molecule has 0 unspecified atom stereocenters. The highest BCUT2D eigenvalue weighted by Gasteiger charge is 2.36. The number of amides is 1. The van der Waals surface area contributed by atoms with Gasteiger partial charge in [-0.2, -0.15) is 5.10 Å². The number of piperidine rings is 1. The van der Waals surface area contributed by atoms with E-state index in [1.54, 1.807) is 33.4 Å². The smallest absolute Gasteiger partial charge is 0.309 e. The molecule has 0 bridgehead atoms. The number of nitrogens with zero attached hydrogens (tertiary/aromatic N) is 3. The molecule has 4 rings (SSSR count). The van der Waals surface area contributed by atoms with Crippen molar-refractivity contribution in [2.45, 2.75) is 32.2 Å². The second-order valence-electron chi connectivity index (χ2n) is 9.49. The molecule has 2 aromatic carbocycles. The van der Waals surface area contributed by atoms with Crippen LogP contribution in [0.2, 0.25) is 0 Å². The summed E-state index contributed by atoms with van der Waals surface area (Å²) in [6.07, 6.45) is 1.83. The Morgan fingerprint density at radius 1 is 0.897 bits per heavy atom. The predicted octanol–water partition coefficient (Wildman–Crippen LogP) is 3.67. The molecule has 0 N–H and O–H groups in total. The molecule has 1 amide bonds. The lowest BCUT2D eigenvalue weighted by Crippen LogP contribution is -2.43. The molecule has 210 valence electrons. The number of benzene rings is 2. The zero-order valence-corrected chi connectivity index (χ0v) is 23.3. The van der Waals surface area contributed by atoms with Crippen molar-refractivity contribution < 1.29 is 33.3 Å². The van der Waals surface area contributed by atoms with E-state index in [1.807, 2.05) is 43.3 Å². The largest absolute Gasteiger partial charge is 0.497 e. The Kier molecular flexibility index (Phi) is 9.29. The summed E-state index contributed by atoms with van der Waals surface area (Å²) in [5.74, 6) is 2.10. The van der Waals surface area contributed by atoms with Crippen molar-refractivity contribution in [3.8, 4) is 23.0 Å². The Bertz CT molecular complexity index is 1210. The number of hydrazone groups is 1. The zero-order chi connectivity index (χ0) is 27.9. The minimum absolute atomic E-state index is 0.117. The first-order valence-corrected chi connectivity index (χ1v) is 13.1. The van der Waals surface area contributed by atoms with Crippen LogP contribution >= 0.6 is 0 Å². The van der Waals surface area contributed by atoms with Crippen LogP contribution in [0.25, 0.3) is 0 Å². The molecule has 10 heteroatoms. The van der Waals surface area contributed by atoms with Gasteiger partial charge in [-0.15, -0.1) is 0 Å². The van der Waals surface area contributed by atoms with E-state index < -0.39 is 0 Å². The van der Waals surface area contributed by atoms with E-state index in [-0.39, 0.29) is 30.4 Å². The van der Waals surface area contributed by atoms with Crippen LogP contribution in [-0.2, 0) is 14.3 Å². The third kappa shape index (κ3) is 6.27. The van der Waals surface area contributed by atoms with E-state index in [1.165, 1.54) is 0 Å². The molecular formula is C29H37N3O7. The second kappa shape index (κ2) is 12.8. The molecule has 2 aromatic rings. The third-order valence-electron chi connectivity index (χ3n) is 7.25. The lowest BCUT2D eigenvalue weighted by molar-refractivity contribution is -0.149. The standard InChI is InChI=1S/C29H37N3O7/c1-6-39-29(34)19-11-13-31(14-12-19)18-28(33)32-24(22-9-8-21(35-2)16-26(22)37-4)17-23(30-32)20-7-10-25(36-3)27(15-20)38-5/h7-10,15-16,19,24H,6,11-14,17-18H2,1-5H3/t24-/m1/s1. The van der Waals surface area contributed by atoms with Crippen LogP contribution in [0, 0.1) is 5.92 Å². The summed E-state index contributed by atoms with van der Waals surface area (Å²) in [6.45, 7) is 3.68. The maximum absolute atomic E-state index is 13.7. The Hall–Kier alpha value is -3.79. The summed E-state index contributed by atoms with van der Waals surface area (Å²) in [5, 5.41) is 6.38. The molecule has 0 aliphatic carbocycles. The van der Waals surface area contributed by atoms with Gasteiger partial charge in [-0.1, -0.05) is 0 Å². The van der Waals surface area contributed by atoms with Crippen LogP contribution in [0.1, 0.15) is 43.4 Å². The van der Waals surface area contributed by atoms with Gasteiger partial charge in [-0.05, 0) is 63.2 Å². The highest BCUT2D eigenvalue weighted by atomic mass is 16.5. The van der Waals surface area contributed by atoms with E-state index in [9.17, 15) is 9.59 Å². The number of carbonyl (C=O) groups is 2. The highest BCUT2D eigenvalue weighted by Crippen LogP contribution is 2.40. The molecule has 1 atom stereocenters. The van der Waals surface area contributed by atoms with Gasteiger partial charge in [0.15, 0.2) is 11.5 Å². The lowest BCUT2D eigenvalue weighted by atomic mass is 9.96. The van der Waals surface area contributed by atoms with E-state index in [2.05, 4.69) is 4.90 Å². The summed E-state index contributed by atoms with van der Waals surface area (Å²) in [6, 6.07) is 10.8. The van der Waals surface area contributed by atoms with E-state index in [4.69, 9.17) is 28.8 Å².